The normalized spacial score (nSPS) is 12.4. The highest BCUT2D eigenvalue weighted by Crippen LogP contribution is 2.13. The molecule has 128 valence electrons. The van der Waals surface area contributed by atoms with Crippen molar-refractivity contribution in [2.45, 2.75) is 39.1 Å². The molecule has 0 heterocycles. The summed E-state index contributed by atoms with van der Waals surface area (Å²) < 4.78 is 0. The van der Waals surface area contributed by atoms with Gasteiger partial charge in [0.1, 0.15) is 0 Å². The smallest absolute Gasteiger partial charge is 0.253 e. The zero-order chi connectivity index (χ0) is 17.5. The molecule has 0 aliphatic carbocycles. The third-order valence-electron chi connectivity index (χ3n) is 4.14. The molecule has 0 spiro atoms. The molecule has 1 amide bonds. The molecule has 0 saturated carbocycles. The number of nitrogens with zero attached hydrogens (tertiary/aromatic N) is 1. The van der Waals surface area contributed by atoms with Crippen LogP contribution in [0, 0.1) is 0 Å². The van der Waals surface area contributed by atoms with Crippen LogP contribution in [0.3, 0.4) is 0 Å². The highest BCUT2D eigenvalue weighted by Gasteiger charge is 2.16. The number of carbonyl (C=O) groups excluding carboxylic acids is 1. The van der Waals surface area contributed by atoms with Crippen LogP contribution in [0.4, 0.5) is 0 Å². The van der Waals surface area contributed by atoms with Gasteiger partial charge < -0.3 is 10.4 Å². The summed E-state index contributed by atoms with van der Waals surface area (Å²) in [5.74, 6) is -0.383. The number of carbonyl (C=O) groups is 1. The number of hydrogen-bond acceptors (Lipinski definition) is 3. The summed E-state index contributed by atoms with van der Waals surface area (Å²) in [4.78, 5) is 14.4. The Bertz CT molecular complexity index is 656. The van der Waals surface area contributed by atoms with E-state index >= 15 is 0 Å². The predicted molar refractivity (Wildman–Crippen MR) is 96.3 cm³/mol. The van der Waals surface area contributed by atoms with Crippen LogP contribution in [0.2, 0.25) is 0 Å². The standard InChI is InChI=1S/C20H26N2O2/c1-15(2)22(3)14-17-9-7-8-16(12-17)13-21-20(24)19(23)18-10-5-4-6-11-18/h4-12,15,19,23H,13-14H2,1-3H3,(H,21,24). The molecule has 1 atom stereocenters. The molecule has 0 saturated heterocycles. The van der Waals surface area contributed by atoms with E-state index in [1.165, 1.54) is 5.56 Å². The lowest BCUT2D eigenvalue weighted by molar-refractivity contribution is -0.129. The Morgan fingerprint density at radius 3 is 2.42 bits per heavy atom. The van der Waals surface area contributed by atoms with Gasteiger partial charge in [0.2, 0.25) is 0 Å². The van der Waals surface area contributed by atoms with Crippen LogP contribution in [0.15, 0.2) is 54.6 Å². The average Bonchev–Trinajstić information content (AvgIpc) is 2.60. The van der Waals surface area contributed by atoms with Crippen LogP contribution < -0.4 is 5.32 Å². The number of rotatable bonds is 7. The Morgan fingerprint density at radius 2 is 1.75 bits per heavy atom. The molecule has 1 unspecified atom stereocenters. The number of amides is 1. The molecular formula is C20H26N2O2. The van der Waals surface area contributed by atoms with Crippen molar-refractivity contribution in [3.8, 4) is 0 Å². The molecule has 0 aliphatic rings. The van der Waals surface area contributed by atoms with Gasteiger partial charge in [-0.05, 0) is 37.6 Å². The summed E-state index contributed by atoms with van der Waals surface area (Å²) in [5.41, 5.74) is 2.84. The first-order valence-electron chi connectivity index (χ1n) is 8.26. The van der Waals surface area contributed by atoms with Crippen LogP contribution in [0.5, 0.6) is 0 Å². The molecule has 2 rings (SSSR count). The molecule has 2 N–H and O–H groups in total. The minimum atomic E-state index is -1.14. The van der Waals surface area contributed by atoms with Crippen molar-refractivity contribution < 1.29 is 9.90 Å². The SMILES string of the molecule is CC(C)N(C)Cc1cccc(CNC(=O)C(O)c2ccccc2)c1. The van der Waals surface area contributed by atoms with E-state index in [-0.39, 0.29) is 5.91 Å². The van der Waals surface area contributed by atoms with Gasteiger partial charge in [0, 0.05) is 19.1 Å². The van der Waals surface area contributed by atoms with Gasteiger partial charge >= 0.3 is 0 Å². The highest BCUT2D eigenvalue weighted by molar-refractivity contribution is 5.81. The molecule has 0 radical (unpaired) electrons. The van der Waals surface area contributed by atoms with E-state index < -0.39 is 6.10 Å². The quantitative estimate of drug-likeness (QED) is 0.822. The third-order valence-corrected chi connectivity index (χ3v) is 4.14. The molecule has 4 nitrogen and oxygen atoms in total. The fraction of sp³-hybridized carbons (Fsp3) is 0.350. The summed E-state index contributed by atoms with van der Waals surface area (Å²) in [6.07, 6.45) is -1.14. The summed E-state index contributed by atoms with van der Waals surface area (Å²) in [6, 6.07) is 17.6. The first-order valence-corrected chi connectivity index (χ1v) is 8.26. The zero-order valence-corrected chi connectivity index (χ0v) is 14.6. The lowest BCUT2D eigenvalue weighted by atomic mass is 10.1. The fourth-order valence-electron chi connectivity index (χ4n) is 2.38. The van der Waals surface area contributed by atoms with E-state index in [0.29, 0.717) is 18.2 Å². The average molecular weight is 326 g/mol. The number of hydrogen-bond donors (Lipinski definition) is 2. The summed E-state index contributed by atoms with van der Waals surface area (Å²) >= 11 is 0. The number of aliphatic hydroxyl groups is 1. The van der Waals surface area contributed by atoms with Gasteiger partial charge in [0.25, 0.3) is 5.91 Å². The van der Waals surface area contributed by atoms with E-state index in [4.69, 9.17) is 0 Å². The van der Waals surface area contributed by atoms with Crippen LogP contribution in [0.25, 0.3) is 0 Å². The number of aliphatic hydroxyl groups excluding tert-OH is 1. The minimum Gasteiger partial charge on any atom is -0.378 e. The van der Waals surface area contributed by atoms with Crippen molar-refractivity contribution in [2.24, 2.45) is 0 Å². The predicted octanol–water partition coefficient (Wildman–Crippen LogP) is 2.88. The number of benzene rings is 2. The van der Waals surface area contributed by atoms with Crippen molar-refractivity contribution in [3.05, 3.63) is 71.3 Å². The first kappa shape index (κ1) is 18.2. The molecule has 0 bridgehead atoms. The van der Waals surface area contributed by atoms with Crippen LogP contribution >= 0.6 is 0 Å². The molecule has 2 aromatic rings. The first-order chi connectivity index (χ1) is 11.5. The zero-order valence-electron chi connectivity index (χ0n) is 14.6. The Morgan fingerprint density at radius 1 is 1.08 bits per heavy atom. The summed E-state index contributed by atoms with van der Waals surface area (Å²) in [6.45, 7) is 5.60. The van der Waals surface area contributed by atoms with Crippen molar-refractivity contribution in [3.63, 3.8) is 0 Å². The second-order valence-electron chi connectivity index (χ2n) is 6.36. The van der Waals surface area contributed by atoms with Gasteiger partial charge in [0.15, 0.2) is 6.10 Å². The van der Waals surface area contributed by atoms with Crippen LogP contribution in [-0.4, -0.2) is 29.0 Å². The van der Waals surface area contributed by atoms with Crippen molar-refractivity contribution in [1.82, 2.24) is 10.2 Å². The van der Waals surface area contributed by atoms with E-state index in [0.717, 1.165) is 12.1 Å². The van der Waals surface area contributed by atoms with Crippen molar-refractivity contribution >= 4 is 5.91 Å². The van der Waals surface area contributed by atoms with Crippen LogP contribution in [0.1, 0.15) is 36.6 Å². The van der Waals surface area contributed by atoms with Gasteiger partial charge in [-0.15, -0.1) is 0 Å². The fourth-order valence-corrected chi connectivity index (χ4v) is 2.38. The van der Waals surface area contributed by atoms with E-state index in [1.54, 1.807) is 24.3 Å². The van der Waals surface area contributed by atoms with E-state index in [9.17, 15) is 9.90 Å². The Balaban J connectivity index is 1.93. The monoisotopic (exact) mass is 326 g/mol. The van der Waals surface area contributed by atoms with Gasteiger partial charge in [-0.25, -0.2) is 0 Å². The van der Waals surface area contributed by atoms with E-state index in [2.05, 4.69) is 43.2 Å². The Kier molecular flexibility index (Phi) is 6.53. The second-order valence-corrected chi connectivity index (χ2v) is 6.36. The Hall–Kier alpha value is -2.17. The summed E-state index contributed by atoms with van der Waals surface area (Å²) in [7, 11) is 2.09. The van der Waals surface area contributed by atoms with Gasteiger partial charge in [0.05, 0.1) is 0 Å². The van der Waals surface area contributed by atoms with Crippen molar-refractivity contribution in [1.29, 1.82) is 0 Å². The summed E-state index contributed by atoms with van der Waals surface area (Å²) in [5, 5.41) is 12.9. The number of nitrogens with one attached hydrogen (secondary N) is 1. The highest BCUT2D eigenvalue weighted by atomic mass is 16.3. The molecule has 2 aromatic carbocycles. The van der Waals surface area contributed by atoms with Gasteiger partial charge in [-0.2, -0.15) is 0 Å². The lowest BCUT2D eigenvalue weighted by Crippen LogP contribution is -2.29. The molecular weight excluding hydrogens is 300 g/mol. The lowest BCUT2D eigenvalue weighted by Gasteiger charge is -2.21. The molecule has 0 aliphatic heterocycles. The molecule has 0 aromatic heterocycles. The van der Waals surface area contributed by atoms with Crippen molar-refractivity contribution in [2.75, 3.05) is 7.05 Å². The molecule has 4 heteroatoms. The molecule has 0 fully saturated rings. The van der Waals surface area contributed by atoms with Gasteiger partial charge in [-0.1, -0.05) is 54.6 Å². The maximum Gasteiger partial charge on any atom is 0.253 e. The van der Waals surface area contributed by atoms with E-state index in [1.807, 2.05) is 18.2 Å². The third kappa shape index (κ3) is 5.18. The maximum absolute atomic E-state index is 12.1. The van der Waals surface area contributed by atoms with Crippen LogP contribution in [-0.2, 0) is 17.9 Å². The van der Waals surface area contributed by atoms with Gasteiger partial charge in [-0.3, -0.25) is 9.69 Å². The maximum atomic E-state index is 12.1. The largest absolute Gasteiger partial charge is 0.378 e. The topological polar surface area (TPSA) is 52.6 Å². The Labute approximate surface area is 144 Å². The minimum absolute atomic E-state index is 0.383. The molecule has 24 heavy (non-hydrogen) atoms. The second kappa shape index (κ2) is 8.62.